The van der Waals surface area contributed by atoms with Crippen LogP contribution in [-0.4, -0.2) is 37.5 Å². The molecule has 1 amide bonds. The van der Waals surface area contributed by atoms with E-state index in [1.165, 1.54) is 0 Å². The van der Waals surface area contributed by atoms with Gasteiger partial charge in [0.25, 0.3) is 0 Å². The summed E-state index contributed by atoms with van der Waals surface area (Å²) in [5, 5.41) is 10.4. The van der Waals surface area contributed by atoms with E-state index in [1.807, 2.05) is 5.32 Å². The number of rotatable bonds is 4. The summed E-state index contributed by atoms with van der Waals surface area (Å²) in [5.41, 5.74) is 0. The fourth-order valence-corrected chi connectivity index (χ4v) is 1.07. The fraction of sp³-hybridized carbons (Fsp3) is 0.600. The van der Waals surface area contributed by atoms with Gasteiger partial charge in [0.15, 0.2) is 11.1 Å². The van der Waals surface area contributed by atoms with Crippen molar-refractivity contribution in [1.82, 2.24) is 5.32 Å². The van der Waals surface area contributed by atoms with Crippen LogP contribution >= 0.6 is 0 Å². The molecule has 0 aromatic rings. The number of hydrogen-bond donors (Lipinski definition) is 3. The molecule has 0 saturated carbocycles. The third kappa shape index (κ3) is 4.80. The van der Waals surface area contributed by atoms with E-state index in [0.717, 1.165) is 6.92 Å². The quantitative estimate of drug-likeness (QED) is 0.489. The average molecular weight is 195 g/mol. The van der Waals surface area contributed by atoms with Gasteiger partial charge in [0.05, 0.1) is 5.75 Å². The molecule has 6 nitrogen and oxygen atoms in total. The van der Waals surface area contributed by atoms with Crippen molar-refractivity contribution in [2.24, 2.45) is 0 Å². The maximum Gasteiger partial charge on any atom is 0.327 e. The Morgan fingerprint density at radius 1 is 1.58 bits per heavy atom. The summed E-state index contributed by atoms with van der Waals surface area (Å²) in [5.74, 6) is -2.38. The van der Waals surface area contributed by atoms with Gasteiger partial charge in [0, 0.05) is 6.92 Å². The van der Waals surface area contributed by atoms with Gasteiger partial charge < -0.3 is 15.0 Å². The van der Waals surface area contributed by atoms with E-state index in [9.17, 15) is 13.8 Å². The van der Waals surface area contributed by atoms with Gasteiger partial charge in [-0.25, -0.2) is 9.00 Å². The zero-order chi connectivity index (χ0) is 9.72. The van der Waals surface area contributed by atoms with Gasteiger partial charge in [-0.15, -0.1) is 0 Å². The predicted molar refractivity (Wildman–Crippen MR) is 40.9 cm³/mol. The lowest BCUT2D eigenvalue weighted by molar-refractivity contribution is -0.140. The molecule has 0 aromatic heterocycles. The van der Waals surface area contributed by atoms with Crippen LogP contribution in [0.15, 0.2) is 0 Å². The van der Waals surface area contributed by atoms with E-state index in [4.69, 9.17) is 9.66 Å². The molecule has 3 N–H and O–H groups in total. The van der Waals surface area contributed by atoms with Gasteiger partial charge in [0.1, 0.15) is 6.04 Å². The summed E-state index contributed by atoms with van der Waals surface area (Å²) in [4.78, 5) is 20.7. The highest BCUT2D eigenvalue weighted by Gasteiger charge is 2.20. The van der Waals surface area contributed by atoms with Crippen LogP contribution in [0.2, 0.25) is 0 Å². The number of carbonyl (C=O) groups excluding carboxylic acids is 1. The van der Waals surface area contributed by atoms with Crippen molar-refractivity contribution in [2.45, 2.75) is 13.0 Å². The van der Waals surface area contributed by atoms with Gasteiger partial charge in [-0.2, -0.15) is 0 Å². The van der Waals surface area contributed by atoms with Crippen LogP contribution in [0.5, 0.6) is 0 Å². The van der Waals surface area contributed by atoms with Gasteiger partial charge in [-0.1, -0.05) is 0 Å². The Kier molecular flexibility index (Phi) is 4.45. The highest BCUT2D eigenvalue weighted by Crippen LogP contribution is 1.87. The van der Waals surface area contributed by atoms with Crippen molar-refractivity contribution < 1.29 is 23.5 Å². The van der Waals surface area contributed by atoms with Crippen LogP contribution in [0.25, 0.3) is 0 Å². The molecule has 1 unspecified atom stereocenters. The Balaban J connectivity index is 4.14. The monoisotopic (exact) mass is 195 g/mol. The highest BCUT2D eigenvalue weighted by atomic mass is 32.2. The Hall–Kier alpha value is -0.950. The normalized spacial score (nSPS) is 14.8. The average Bonchev–Trinajstić information content (AvgIpc) is 1.83. The number of aliphatic carboxylic acids is 1. The maximum atomic E-state index is 10.4. The predicted octanol–water partition coefficient (Wildman–Crippen LogP) is -1.20. The molecule has 0 aliphatic rings. The molecular formula is C5H9NO5S. The van der Waals surface area contributed by atoms with Crippen molar-refractivity contribution in [3.8, 4) is 0 Å². The Bertz CT molecular complexity index is 200. The number of amides is 1. The molecule has 0 aliphatic heterocycles. The summed E-state index contributed by atoms with van der Waals surface area (Å²) in [6, 6.07) is -1.30. The molecule has 7 heteroatoms. The third-order valence-electron chi connectivity index (χ3n) is 0.985. The first-order chi connectivity index (χ1) is 5.43. The second-order valence-corrected chi connectivity index (χ2v) is 3.06. The number of nitrogens with one attached hydrogen (secondary N) is 1. The molecule has 0 heterocycles. The van der Waals surface area contributed by atoms with Crippen LogP contribution in [0.3, 0.4) is 0 Å². The van der Waals surface area contributed by atoms with Crippen LogP contribution in [0, 0.1) is 0 Å². The first kappa shape index (κ1) is 11.1. The number of carboxylic acid groups (broad SMARTS) is 1. The molecule has 0 bridgehead atoms. The lowest BCUT2D eigenvalue weighted by atomic mass is 10.3. The minimum Gasteiger partial charge on any atom is -0.480 e. The molecular weight excluding hydrogens is 186 g/mol. The molecule has 0 rings (SSSR count). The summed E-state index contributed by atoms with van der Waals surface area (Å²) >= 11 is -2.23. The maximum absolute atomic E-state index is 10.4. The minimum atomic E-state index is -2.23. The summed E-state index contributed by atoms with van der Waals surface area (Å²) < 4.78 is 18.5. The molecule has 2 atom stereocenters. The summed E-state index contributed by atoms with van der Waals surface area (Å²) in [7, 11) is 0. The van der Waals surface area contributed by atoms with Crippen molar-refractivity contribution >= 4 is 23.0 Å². The van der Waals surface area contributed by atoms with Gasteiger partial charge in [-0.3, -0.25) is 4.79 Å². The minimum absolute atomic E-state index is 0.505. The molecule has 0 spiro atoms. The molecule has 0 aromatic carbocycles. The smallest absolute Gasteiger partial charge is 0.327 e. The number of hydrogen-bond acceptors (Lipinski definition) is 3. The van der Waals surface area contributed by atoms with Crippen LogP contribution in [0.4, 0.5) is 0 Å². The fourth-order valence-electron chi connectivity index (χ4n) is 0.563. The summed E-state index contributed by atoms with van der Waals surface area (Å²) in [6.07, 6.45) is 0. The third-order valence-corrected chi connectivity index (χ3v) is 1.60. The zero-order valence-electron chi connectivity index (χ0n) is 6.31. The van der Waals surface area contributed by atoms with Crippen LogP contribution in [0.1, 0.15) is 6.92 Å². The molecule has 0 aliphatic carbocycles. The van der Waals surface area contributed by atoms with Gasteiger partial charge >= 0.3 is 5.97 Å². The van der Waals surface area contributed by atoms with Crippen molar-refractivity contribution in [3.63, 3.8) is 0 Å². The molecule has 12 heavy (non-hydrogen) atoms. The SMILES string of the molecule is CC(=O)N[C@H](CS(=O)O)C(=O)O. The Morgan fingerprint density at radius 3 is 2.33 bits per heavy atom. The number of carbonyl (C=O) groups is 2. The second kappa shape index (κ2) is 4.83. The van der Waals surface area contributed by atoms with Crippen molar-refractivity contribution in [3.05, 3.63) is 0 Å². The molecule has 0 radical (unpaired) electrons. The second-order valence-electron chi connectivity index (χ2n) is 2.08. The first-order valence-corrected chi connectivity index (χ1v) is 4.28. The molecule has 0 saturated heterocycles. The van der Waals surface area contributed by atoms with Gasteiger partial charge in [-0.05, 0) is 0 Å². The zero-order valence-corrected chi connectivity index (χ0v) is 7.13. The van der Waals surface area contributed by atoms with E-state index in [2.05, 4.69) is 0 Å². The Morgan fingerprint density at radius 2 is 2.08 bits per heavy atom. The topological polar surface area (TPSA) is 104 Å². The van der Waals surface area contributed by atoms with E-state index in [-0.39, 0.29) is 0 Å². The largest absolute Gasteiger partial charge is 0.480 e. The molecule has 70 valence electrons. The first-order valence-electron chi connectivity index (χ1n) is 3.01. The number of carboxylic acids is 1. The van der Waals surface area contributed by atoms with Gasteiger partial charge in [0.2, 0.25) is 5.91 Å². The van der Waals surface area contributed by atoms with E-state index in [0.29, 0.717) is 0 Å². The van der Waals surface area contributed by atoms with E-state index >= 15 is 0 Å². The highest BCUT2D eigenvalue weighted by molar-refractivity contribution is 7.79. The van der Waals surface area contributed by atoms with Crippen molar-refractivity contribution in [2.75, 3.05) is 5.75 Å². The van der Waals surface area contributed by atoms with E-state index < -0.39 is 34.8 Å². The standard InChI is InChI=1S/C5H9NO5S/c1-3(7)6-4(5(8)9)2-12(10)11/h4H,2H2,1H3,(H,6,7)(H,8,9)(H,10,11)/t4-/m1/s1. The summed E-state index contributed by atoms with van der Waals surface area (Å²) in [6.45, 7) is 1.14. The lowest BCUT2D eigenvalue weighted by Gasteiger charge is -2.09. The lowest BCUT2D eigenvalue weighted by Crippen LogP contribution is -2.43. The van der Waals surface area contributed by atoms with Crippen molar-refractivity contribution in [1.29, 1.82) is 0 Å². The van der Waals surface area contributed by atoms with Crippen LogP contribution < -0.4 is 5.32 Å². The van der Waals surface area contributed by atoms with E-state index in [1.54, 1.807) is 0 Å². The van der Waals surface area contributed by atoms with Crippen LogP contribution in [-0.2, 0) is 20.7 Å². The Labute approximate surface area is 71.2 Å². The molecule has 0 fully saturated rings.